The molecule has 1 fully saturated rings. The number of aryl methyl sites for hydroxylation is 2. The number of nitrogens with one attached hydrogen (secondary N) is 1. The molecule has 2 atom stereocenters. The van der Waals surface area contributed by atoms with E-state index < -0.39 is 11.7 Å². The molecule has 0 saturated carbocycles. The summed E-state index contributed by atoms with van der Waals surface area (Å²) in [5.74, 6) is 0.525. The second kappa shape index (κ2) is 9.48. The SMILES string of the molecule is Cc1ccc(-c2cnn(C)c2)c(C(=O)N2CCC[C@H](C)C2CNc2ccc(C(F)(F)F)cn2)c1. The molecule has 1 aliphatic rings. The van der Waals surface area contributed by atoms with Crippen molar-refractivity contribution in [3.8, 4) is 11.1 Å². The number of hydrogen-bond donors (Lipinski definition) is 1. The molecule has 0 bridgehead atoms. The molecule has 1 aromatic carbocycles. The standard InChI is InChI=1S/C25H28F3N5O/c1-16-6-8-20(18-12-31-32(3)15-18)21(11-16)24(34)33-10-4-5-17(2)22(33)14-30-23-9-7-19(13-29-23)25(26,27)28/h6-9,11-13,15,17,22H,4-5,10,14H2,1-3H3,(H,29,30)/t17-,22?/m0/s1. The number of rotatable bonds is 5. The number of halogens is 3. The third-order valence-electron chi connectivity index (χ3n) is 6.38. The highest BCUT2D eigenvalue weighted by Gasteiger charge is 2.34. The molecule has 0 spiro atoms. The molecule has 9 heteroatoms. The van der Waals surface area contributed by atoms with Crippen molar-refractivity contribution in [1.82, 2.24) is 19.7 Å². The van der Waals surface area contributed by atoms with Crippen LogP contribution < -0.4 is 5.32 Å². The van der Waals surface area contributed by atoms with Crippen LogP contribution in [0.25, 0.3) is 11.1 Å². The number of carbonyl (C=O) groups excluding carboxylic acids is 1. The number of benzene rings is 1. The van der Waals surface area contributed by atoms with Crippen LogP contribution in [0.4, 0.5) is 19.0 Å². The summed E-state index contributed by atoms with van der Waals surface area (Å²) in [4.78, 5) is 19.6. The van der Waals surface area contributed by atoms with Gasteiger partial charge in [-0.15, -0.1) is 0 Å². The van der Waals surface area contributed by atoms with E-state index in [2.05, 4.69) is 22.3 Å². The molecule has 1 aliphatic heterocycles. The number of likely N-dealkylation sites (tertiary alicyclic amines) is 1. The molecule has 3 aromatic rings. The van der Waals surface area contributed by atoms with Crippen molar-refractivity contribution in [2.45, 2.75) is 38.9 Å². The van der Waals surface area contributed by atoms with Crippen LogP contribution in [0.3, 0.4) is 0 Å². The summed E-state index contributed by atoms with van der Waals surface area (Å²) in [7, 11) is 1.84. The third-order valence-corrected chi connectivity index (χ3v) is 6.38. The van der Waals surface area contributed by atoms with Gasteiger partial charge in [0.15, 0.2) is 0 Å². The Hall–Kier alpha value is -3.36. The Bertz CT molecular complexity index is 1160. The van der Waals surface area contributed by atoms with E-state index in [0.717, 1.165) is 41.8 Å². The van der Waals surface area contributed by atoms with E-state index in [4.69, 9.17) is 0 Å². The van der Waals surface area contributed by atoms with Crippen LogP contribution in [-0.2, 0) is 13.2 Å². The average molecular weight is 472 g/mol. The van der Waals surface area contributed by atoms with Crippen molar-refractivity contribution in [2.75, 3.05) is 18.4 Å². The zero-order valence-corrected chi connectivity index (χ0v) is 19.4. The van der Waals surface area contributed by atoms with Gasteiger partial charge in [0.25, 0.3) is 5.91 Å². The lowest BCUT2D eigenvalue weighted by Gasteiger charge is -2.40. The Morgan fingerprint density at radius 1 is 1.21 bits per heavy atom. The van der Waals surface area contributed by atoms with Gasteiger partial charge >= 0.3 is 6.18 Å². The lowest BCUT2D eigenvalue weighted by atomic mass is 9.89. The van der Waals surface area contributed by atoms with Crippen LogP contribution in [0.1, 0.15) is 41.3 Å². The number of aromatic nitrogens is 3. The zero-order chi connectivity index (χ0) is 24.5. The number of pyridine rings is 1. The first-order valence-corrected chi connectivity index (χ1v) is 11.3. The smallest absolute Gasteiger partial charge is 0.368 e. The fourth-order valence-electron chi connectivity index (χ4n) is 4.49. The van der Waals surface area contributed by atoms with E-state index in [0.29, 0.717) is 24.5 Å². The van der Waals surface area contributed by atoms with Crippen LogP contribution >= 0.6 is 0 Å². The minimum atomic E-state index is -4.42. The van der Waals surface area contributed by atoms with Crippen LogP contribution in [0, 0.1) is 12.8 Å². The van der Waals surface area contributed by atoms with Crippen molar-refractivity contribution < 1.29 is 18.0 Å². The summed E-state index contributed by atoms with van der Waals surface area (Å²) in [5.41, 5.74) is 2.53. The molecule has 1 unspecified atom stereocenters. The van der Waals surface area contributed by atoms with Crippen LogP contribution in [0.15, 0.2) is 48.9 Å². The van der Waals surface area contributed by atoms with E-state index in [1.807, 2.05) is 43.3 Å². The van der Waals surface area contributed by atoms with Crippen molar-refractivity contribution in [3.05, 3.63) is 65.6 Å². The molecule has 0 radical (unpaired) electrons. The number of alkyl halides is 3. The second-order valence-corrected chi connectivity index (χ2v) is 8.95. The molecule has 34 heavy (non-hydrogen) atoms. The summed E-state index contributed by atoms with van der Waals surface area (Å²) in [6.07, 6.45) is 1.90. The Morgan fingerprint density at radius 3 is 2.65 bits per heavy atom. The minimum absolute atomic E-state index is 0.0544. The van der Waals surface area contributed by atoms with Crippen molar-refractivity contribution in [3.63, 3.8) is 0 Å². The molecular weight excluding hydrogens is 443 g/mol. The number of piperidine rings is 1. The van der Waals surface area contributed by atoms with Gasteiger partial charge in [-0.2, -0.15) is 18.3 Å². The van der Waals surface area contributed by atoms with E-state index in [1.54, 1.807) is 10.9 Å². The van der Waals surface area contributed by atoms with Gasteiger partial charge < -0.3 is 10.2 Å². The molecule has 1 N–H and O–H groups in total. The first kappa shape index (κ1) is 23.8. The number of carbonyl (C=O) groups is 1. The summed E-state index contributed by atoms with van der Waals surface area (Å²) in [6.45, 7) is 5.08. The summed E-state index contributed by atoms with van der Waals surface area (Å²) in [6, 6.07) is 8.05. The quantitative estimate of drug-likeness (QED) is 0.558. The van der Waals surface area contributed by atoms with Gasteiger partial charge in [-0.05, 0) is 49.4 Å². The van der Waals surface area contributed by atoms with E-state index in [-0.39, 0.29) is 17.9 Å². The third kappa shape index (κ3) is 5.08. The lowest BCUT2D eigenvalue weighted by molar-refractivity contribution is -0.137. The first-order chi connectivity index (χ1) is 16.1. The maximum atomic E-state index is 13.8. The summed E-state index contributed by atoms with van der Waals surface area (Å²) < 4.78 is 40.2. The van der Waals surface area contributed by atoms with Gasteiger partial charge in [0, 0.05) is 43.7 Å². The minimum Gasteiger partial charge on any atom is -0.368 e. The molecule has 0 aliphatic carbocycles. The number of hydrogen-bond acceptors (Lipinski definition) is 4. The predicted molar refractivity (Wildman–Crippen MR) is 124 cm³/mol. The van der Waals surface area contributed by atoms with Gasteiger partial charge in [0.05, 0.1) is 17.8 Å². The van der Waals surface area contributed by atoms with E-state index >= 15 is 0 Å². The van der Waals surface area contributed by atoms with Crippen LogP contribution in [-0.4, -0.2) is 44.7 Å². The Labute approximate surface area is 196 Å². The van der Waals surface area contributed by atoms with E-state index in [1.165, 1.54) is 6.07 Å². The van der Waals surface area contributed by atoms with Gasteiger partial charge in [-0.1, -0.05) is 24.6 Å². The highest BCUT2D eigenvalue weighted by Crippen LogP contribution is 2.31. The van der Waals surface area contributed by atoms with Crippen LogP contribution in [0.5, 0.6) is 0 Å². The highest BCUT2D eigenvalue weighted by atomic mass is 19.4. The van der Waals surface area contributed by atoms with Gasteiger partial charge in [0.1, 0.15) is 5.82 Å². The maximum Gasteiger partial charge on any atom is 0.417 e. The molecule has 180 valence electrons. The normalized spacial score (nSPS) is 18.7. The Morgan fingerprint density at radius 2 is 2.00 bits per heavy atom. The summed E-state index contributed by atoms with van der Waals surface area (Å²) in [5, 5.41) is 7.38. The number of nitrogens with zero attached hydrogens (tertiary/aromatic N) is 4. The predicted octanol–water partition coefficient (Wildman–Crippen LogP) is 5.16. The number of amides is 1. The van der Waals surface area contributed by atoms with Gasteiger partial charge in [-0.25, -0.2) is 4.98 Å². The monoisotopic (exact) mass is 471 g/mol. The molecule has 4 rings (SSSR count). The van der Waals surface area contributed by atoms with Crippen molar-refractivity contribution in [1.29, 1.82) is 0 Å². The lowest BCUT2D eigenvalue weighted by Crippen LogP contribution is -2.51. The molecule has 6 nitrogen and oxygen atoms in total. The maximum absolute atomic E-state index is 13.8. The van der Waals surface area contributed by atoms with Gasteiger partial charge in [-0.3, -0.25) is 9.48 Å². The fraction of sp³-hybridized carbons (Fsp3) is 0.400. The molecular formula is C25H28F3N5O. The zero-order valence-electron chi connectivity index (χ0n) is 19.4. The molecule has 1 amide bonds. The molecule has 3 heterocycles. The average Bonchev–Trinajstić information content (AvgIpc) is 3.23. The first-order valence-electron chi connectivity index (χ1n) is 11.3. The van der Waals surface area contributed by atoms with E-state index in [9.17, 15) is 18.0 Å². The topological polar surface area (TPSA) is 63.1 Å². The fourth-order valence-corrected chi connectivity index (χ4v) is 4.49. The Kier molecular flexibility index (Phi) is 6.63. The molecule has 1 saturated heterocycles. The summed E-state index contributed by atoms with van der Waals surface area (Å²) >= 11 is 0. The van der Waals surface area contributed by atoms with Crippen LogP contribution in [0.2, 0.25) is 0 Å². The Balaban J connectivity index is 1.57. The van der Waals surface area contributed by atoms with Crippen molar-refractivity contribution in [2.24, 2.45) is 13.0 Å². The van der Waals surface area contributed by atoms with Gasteiger partial charge in [0.2, 0.25) is 0 Å². The van der Waals surface area contributed by atoms with Crippen molar-refractivity contribution >= 4 is 11.7 Å². The number of anilines is 1. The molecule has 2 aromatic heterocycles. The second-order valence-electron chi connectivity index (χ2n) is 8.95. The highest BCUT2D eigenvalue weighted by molar-refractivity contribution is 6.01. The largest absolute Gasteiger partial charge is 0.417 e.